The predicted molar refractivity (Wildman–Crippen MR) is 87.2 cm³/mol. The summed E-state index contributed by atoms with van der Waals surface area (Å²) in [5, 5.41) is 13.1. The molecule has 116 valence electrons. The molecule has 0 aliphatic heterocycles. The van der Waals surface area contributed by atoms with Crippen LogP contribution >= 0.6 is 0 Å². The number of benzene rings is 1. The van der Waals surface area contributed by atoms with Gasteiger partial charge in [-0.05, 0) is 30.9 Å². The SMILES string of the molecule is CC(NC(CO)CC(C)(C)C)c1nc2ccccc2n1C. The fourth-order valence-electron chi connectivity index (χ4n) is 2.89. The number of rotatable bonds is 5. The minimum Gasteiger partial charge on any atom is -0.395 e. The number of aliphatic hydroxyl groups is 1. The second-order valence-corrected chi connectivity index (χ2v) is 7.05. The van der Waals surface area contributed by atoms with Gasteiger partial charge in [-0.2, -0.15) is 0 Å². The van der Waals surface area contributed by atoms with E-state index in [9.17, 15) is 5.11 Å². The van der Waals surface area contributed by atoms with Crippen molar-refractivity contribution in [1.29, 1.82) is 0 Å². The summed E-state index contributed by atoms with van der Waals surface area (Å²) in [5.74, 6) is 1.00. The molecule has 1 heterocycles. The van der Waals surface area contributed by atoms with Crippen molar-refractivity contribution in [1.82, 2.24) is 14.9 Å². The molecule has 2 aromatic rings. The van der Waals surface area contributed by atoms with Crippen LogP contribution in [-0.4, -0.2) is 27.3 Å². The summed E-state index contributed by atoms with van der Waals surface area (Å²) in [6.45, 7) is 8.82. The fourth-order valence-corrected chi connectivity index (χ4v) is 2.89. The van der Waals surface area contributed by atoms with Gasteiger partial charge in [-0.15, -0.1) is 0 Å². The Kier molecular flexibility index (Phi) is 4.69. The van der Waals surface area contributed by atoms with E-state index >= 15 is 0 Å². The zero-order valence-corrected chi connectivity index (χ0v) is 13.7. The molecule has 0 aliphatic rings. The van der Waals surface area contributed by atoms with E-state index in [4.69, 9.17) is 4.98 Å². The van der Waals surface area contributed by atoms with E-state index in [0.29, 0.717) is 0 Å². The number of hydrogen-bond donors (Lipinski definition) is 2. The Bertz CT molecular complexity index is 598. The Morgan fingerprint density at radius 3 is 2.52 bits per heavy atom. The van der Waals surface area contributed by atoms with Gasteiger partial charge in [0.2, 0.25) is 0 Å². The third-order valence-electron chi connectivity index (χ3n) is 3.77. The quantitative estimate of drug-likeness (QED) is 0.889. The molecule has 1 aromatic heterocycles. The van der Waals surface area contributed by atoms with E-state index in [1.807, 2.05) is 25.2 Å². The van der Waals surface area contributed by atoms with Crippen LogP contribution in [-0.2, 0) is 7.05 Å². The largest absolute Gasteiger partial charge is 0.395 e. The summed E-state index contributed by atoms with van der Waals surface area (Å²) in [4.78, 5) is 4.71. The Labute approximate surface area is 127 Å². The summed E-state index contributed by atoms with van der Waals surface area (Å²) in [5.41, 5.74) is 2.34. The molecule has 4 nitrogen and oxygen atoms in total. The molecule has 2 atom stereocenters. The first-order valence-electron chi connectivity index (χ1n) is 7.60. The fraction of sp³-hybridized carbons (Fsp3) is 0.588. The van der Waals surface area contributed by atoms with Gasteiger partial charge in [-0.25, -0.2) is 4.98 Å². The zero-order chi connectivity index (χ0) is 15.6. The number of hydrogen-bond acceptors (Lipinski definition) is 3. The van der Waals surface area contributed by atoms with Crippen molar-refractivity contribution in [2.45, 2.75) is 46.2 Å². The summed E-state index contributed by atoms with van der Waals surface area (Å²) < 4.78 is 2.12. The third kappa shape index (κ3) is 3.83. The lowest BCUT2D eigenvalue weighted by Crippen LogP contribution is -2.38. The lowest BCUT2D eigenvalue weighted by molar-refractivity contribution is 0.189. The third-order valence-corrected chi connectivity index (χ3v) is 3.77. The molecule has 0 aliphatic carbocycles. The van der Waals surface area contributed by atoms with Crippen LogP contribution in [0.15, 0.2) is 24.3 Å². The molecule has 0 saturated heterocycles. The van der Waals surface area contributed by atoms with E-state index in [1.54, 1.807) is 0 Å². The first-order chi connectivity index (χ1) is 9.81. The standard InChI is InChI=1S/C17H27N3O/c1-12(18-13(11-21)10-17(2,3)4)16-19-14-8-6-7-9-15(14)20(16)5/h6-9,12-13,18,21H,10-11H2,1-5H3. The van der Waals surface area contributed by atoms with Crippen LogP contribution in [0.3, 0.4) is 0 Å². The van der Waals surface area contributed by atoms with Crippen LogP contribution in [0.1, 0.15) is 46.0 Å². The van der Waals surface area contributed by atoms with Crippen molar-refractivity contribution < 1.29 is 5.11 Å². The molecule has 4 heteroatoms. The van der Waals surface area contributed by atoms with Gasteiger partial charge in [-0.1, -0.05) is 32.9 Å². The van der Waals surface area contributed by atoms with Crippen molar-refractivity contribution in [2.75, 3.05) is 6.61 Å². The molecule has 0 amide bonds. The zero-order valence-electron chi connectivity index (χ0n) is 13.7. The topological polar surface area (TPSA) is 50.1 Å². The van der Waals surface area contributed by atoms with Crippen LogP contribution in [0.25, 0.3) is 11.0 Å². The average Bonchev–Trinajstić information content (AvgIpc) is 2.74. The van der Waals surface area contributed by atoms with Crippen LogP contribution < -0.4 is 5.32 Å². The molecule has 0 radical (unpaired) electrons. The molecule has 21 heavy (non-hydrogen) atoms. The van der Waals surface area contributed by atoms with E-state index < -0.39 is 0 Å². The molecule has 0 bridgehead atoms. The summed E-state index contributed by atoms with van der Waals surface area (Å²) >= 11 is 0. The van der Waals surface area contributed by atoms with Crippen LogP contribution in [0, 0.1) is 5.41 Å². The first kappa shape index (κ1) is 16.0. The van der Waals surface area contributed by atoms with E-state index in [1.165, 1.54) is 0 Å². The second-order valence-electron chi connectivity index (χ2n) is 7.05. The molecular weight excluding hydrogens is 262 g/mol. The average molecular weight is 289 g/mol. The first-order valence-corrected chi connectivity index (χ1v) is 7.60. The van der Waals surface area contributed by atoms with Gasteiger partial charge < -0.3 is 15.0 Å². The maximum Gasteiger partial charge on any atom is 0.126 e. The Hall–Kier alpha value is -1.39. The Balaban J connectivity index is 2.18. The van der Waals surface area contributed by atoms with Crippen molar-refractivity contribution >= 4 is 11.0 Å². The number of aromatic nitrogens is 2. The van der Waals surface area contributed by atoms with Crippen molar-refractivity contribution in [3.63, 3.8) is 0 Å². The van der Waals surface area contributed by atoms with Crippen molar-refractivity contribution in [3.05, 3.63) is 30.1 Å². The highest BCUT2D eigenvalue weighted by Gasteiger charge is 2.22. The lowest BCUT2D eigenvalue weighted by Gasteiger charge is -2.28. The smallest absolute Gasteiger partial charge is 0.126 e. The molecule has 1 aromatic carbocycles. The predicted octanol–water partition coefficient (Wildman–Crippen LogP) is 3.02. The summed E-state index contributed by atoms with van der Waals surface area (Å²) in [6, 6.07) is 8.33. The number of fused-ring (bicyclic) bond motifs is 1. The minimum atomic E-state index is 0.0832. The number of para-hydroxylation sites is 2. The number of aryl methyl sites for hydroxylation is 1. The molecular formula is C17H27N3O. The van der Waals surface area contributed by atoms with Gasteiger partial charge in [0.15, 0.2) is 0 Å². The minimum absolute atomic E-state index is 0.0832. The van der Waals surface area contributed by atoms with Crippen molar-refractivity contribution in [3.8, 4) is 0 Å². The van der Waals surface area contributed by atoms with Crippen LogP contribution in [0.2, 0.25) is 0 Å². The van der Waals surface area contributed by atoms with Gasteiger partial charge >= 0.3 is 0 Å². The van der Waals surface area contributed by atoms with Gasteiger partial charge in [0.05, 0.1) is 23.7 Å². The van der Waals surface area contributed by atoms with E-state index in [-0.39, 0.29) is 24.1 Å². The second kappa shape index (κ2) is 6.16. The maximum atomic E-state index is 9.60. The number of nitrogens with zero attached hydrogens (tertiary/aromatic N) is 2. The number of imidazole rings is 1. The Morgan fingerprint density at radius 1 is 1.29 bits per heavy atom. The number of nitrogens with one attached hydrogen (secondary N) is 1. The molecule has 2 N–H and O–H groups in total. The van der Waals surface area contributed by atoms with Gasteiger partial charge in [0.25, 0.3) is 0 Å². The molecule has 0 fully saturated rings. The van der Waals surface area contributed by atoms with E-state index in [2.05, 4.69) is 43.6 Å². The molecule has 0 spiro atoms. The summed E-state index contributed by atoms with van der Waals surface area (Å²) in [6.07, 6.45) is 0.928. The van der Waals surface area contributed by atoms with Crippen LogP contribution in [0.4, 0.5) is 0 Å². The van der Waals surface area contributed by atoms with Crippen LogP contribution in [0.5, 0.6) is 0 Å². The highest BCUT2D eigenvalue weighted by molar-refractivity contribution is 5.75. The highest BCUT2D eigenvalue weighted by Crippen LogP contribution is 2.24. The molecule has 2 rings (SSSR count). The van der Waals surface area contributed by atoms with Gasteiger partial charge in [0.1, 0.15) is 5.82 Å². The maximum absolute atomic E-state index is 9.60. The normalized spacial score (nSPS) is 15.3. The highest BCUT2D eigenvalue weighted by atomic mass is 16.3. The van der Waals surface area contributed by atoms with E-state index in [0.717, 1.165) is 23.3 Å². The summed E-state index contributed by atoms with van der Waals surface area (Å²) in [7, 11) is 2.04. The Morgan fingerprint density at radius 2 is 1.95 bits per heavy atom. The molecule has 2 unspecified atom stereocenters. The molecule has 0 saturated carbocycles. The lowest BCUT2D eigenvalue weighted by atomic mass is 9.88. The number of aliphatic hydroxyl groups excluding tert-OH is 1. The van der Waals surface area contributed by atoms with Gasteiger partial charge in [0, 0.05) is 13.1 Å². The van der Waals surface area contributed by atoms with Crippen molar-refractivity contribution in [2.24, 2.45) is 12.5 Å². The van der Waals surface area contributed by atoms with Gasteiger partial charge in [-0.3, -0.25) is 0 Å². The monoisotopic (exact) mass is 289 g/mol.